The molecule has 16 heteroatoms. The highest BCUT2D eigenvalue weighted by Gasteiger charge is 2.35. The number of nitrogens with one attached hydrogen (secondary N) is 3. The fourth-order valence-electron chi connectivity index (χ4n) is 7.73. The van der Waals surface area contributed by atoms with E-state index in [-0.39, 0.29) is 55.0 Å². The molecule has 4 amide bonds. The van der Waals surface area contributed by atoms with Crippen LogP contribution in [-0.2, 0) is 36.9 Å². The summed E-state index contributed by atoms with van der Waals surface area (Å²) in [5.74, 6) is -2.49. The van der Waals surface area contributed by atoms with E-state index in [2.05, 4.69) is 20.9 Å². The molecule has 366 valence electrons. The summed E-state index contributed by atoms with van der Waals surface area (Å²) in [5.41, 5.74) is 9.66. The van der Waals surface area contributed by atoms with Crippen LogP contribution in [0, 0.1) is 5.92 Å². The molecule has 4 aromatic carbocycles. The lowest BCUT2D eigenvalue weighted by atomic mass is 9.93. The first-order chi connectivity index (χ1) is 33.0. The van der Waals surface area contributed by atoms with Gasteiger partial charge < -0.3 is 41.0 Å². The number of phenolic OH excluding ortho intramolecular Hbond substituents is 1. The van der Waals surface area contributed by atoms with E-state index in [0.29, 0.717) is 70.9 Å². The predicted octanol–water partition coefficient (Wildman–Crippen LogP) is 7.23. The summed E-state index contributed by atoms with van der Waals surface area (Å²) >= 11 is 6.09. The third-order valence-corrected chi connectivity index (χ3v) is 12.5. The van der Waals surface area contributed by atoms with Crippen LogP contribution >= 0.6 is 11.6 Å². The second kappa shape index (κ2) is 25.5. The Morgan fingerprint density at radius 3 is 2.19 bits per heavy atom. The standard InChI is InChI=1S/C53H64ClN7O8/c1-7-33(2)50(65)35(4)58-52(67)49(60(6)53(68)45(10-8-9-25-55)59-51(66)40-15-13-38(14-16-40)39-17-20-42(54)21-18-39)41-19-23-47(69-29-28-61-27-26-56-32-61)44(31-41)43-30-37(11-22-46(43)63)12-24-48(64)57-34(3)36(5)62/h11,13-23,26-27,30-35,45,49,63H,7-10,12,24-25,28-29,55H2,1-6H3,(H,57,64)(H,58,67)(H,59,66). The number of Topliss-reactive ketones (excluding diaryl/α,β-unsaturated/α-hetero) is 2. The molecule has 5 rings (SSSR count). The van der Waals surface area contributed by atoms with E-state index in [1.165, 1.54) is 24.9 Å². The molecule has 0 radical (unpaired) electrons. The Kier molecular flexibility index (Phi) is 19.6. The number of carbonyl (C=O) groups is 6. The van der Waals surface area contributed by atoms with Crippen LogP contribution in [-0.4, -0.2) is 93.1 Å². The number of unbranched alkanes of at least 4 members (excludes halogenated alkanes) is 1. The Morgan fingerprint density at radius 2 is 1.55 bits per heavy atom. The molecule has 0 aliphatic carbocycles. The summed E-state index contributed by atoms with van der Waals surface area (Å²) in [7, 11) is 1.47. The van der Waals surface area contributed by atoms with Gasteiger partial charge in [-0.3, -0.25) is 28.8 Å². The number of halogens is 1. The summed E-state index contributed by atoms with van der Waals surface area (Å²) in [6.07, 6.45) is 7.29. The molecule has 0 spiro atoms. The number of phenols is 1. The number of imidazole rings is 1. The van der Waals surface area contributed by atoms with Gasteiger partial charge in [-0.15, -0.1) is 0 Å². The number of aryl methyl sites for hydroxylation is 1. The van der Waals surface area contributed by atoms with E-state index >= 15 is 0 Å². The lowest BCUT2D eigenvalue weighted by Gasteiger charge is -2.32. The highest BCUT2D eigenvalue weighted by Crippen LogP contribution is 2.39. The first-order valence-electron chi connectivity index (χ1n) is 23.3. The van der Waals surface area contributed by atoms with Crippen LogP contribution in [0.1, 0.15) is 94.2 Å². The zero-order chi connectivity index (χ0) is 50.2. The molecular weight excluding hydrogens is 898 g/mol. The minimum atomic E-state index is -1.35. The van der Waals surface area contributed by atoms with Crippen molar-refractivity contribution in [3.8, 4) is 33.8 Å². The molecule has 5 unspecified atom stereocenters. The number of nitrogens with two attached hydrogens (primary N) is 1. The second-order valence-corrected chi connectivity index (χ2v) is 17.8. The maximum absolute atomic E-state index is 14.9. The van der Waals surface area contributed by atoms with Crippen molar-refractivity contribution in [1.29, 1.82) is 0 Å². The zero-order valence-electron chi connectivity index (χ0n) is 40.2. The van der Waals surface area contributed by atoms with Gasteiger partial charge in [-0.05, 0) is 130 Å². The van der Waals surface area contributed by atoms with Gasteiger partial charge in [0.25, 0.3) is 5.91 Å². The number of aromatic nitrogens is 2. The SMILES string of the molecule is CCC(C)C(=O)C(C)NC(=O)C(c1ccc(OCCn2ccnc2)c(-c2cc(CCC(=O)NC(C)C(C)=O)ccc2O)c1)N(C)C(=O)C(CCCCN)NC(=O)c1ccc(-c2ccc(Cl)cc2)cc1. The van der Waals surface area contributed by atoms with Crippen LogP contribution in [0.3, 0.4) is 0 Å². The van der Waals surface area contributed by atoms with E-state index in [0.717, 1.165) is 11.1 Å². The van der Waals surface area contributed by atoms with Gasteiger partial charge in [-0.2, -0.15) is 0 Å². The molecule has 5 aromatic rings. The third kappa shape index (κ3) is 14.8. The van der Waals surface area contributed by atoms with Gasteiger partial charge in [0.05, 0.1) is 25.0 Å². The lowest BCUT2D eigenvalue weighted by Crippen LogP contribution is -2.52. The zero-order valence-corrected chi connectivity index (χ0v) is 40.9. The Morgan fingerprint density at radius 1 is 0.855 bits per heavy atom. The molecule has 1 heterocycles. The van der Waals surface area contributed by atoms with Gasteiger partial charge in [0, 0.05) is 53.5 Å². The van der Waals surface area contributed by atoms with Crippen LogP contribution in [0.25, 0.3) is 22.3 Å². The number of aromatic hydroxyl groups is 1. The molecule has 0 bridgehead atoms. The minimum Gasteiger partial charge on any atom is -0.507 e. The lowest BCUT2D eigenvalue weighted by molar-refractivity contribution is -0.141. The van der Waals surface area contributed by atoms with E-state index in [1.54, 1.807) is 94.1 Å². The maximum atomic E-state index is 14.9. The van der Waals surface area contributed by atoms with E-state index in [4.69, 9.17) is 22.1 Å². The summed E-state index contributed by atoms with van der Waals surface area (Å²) in [5, 5.41) is 20.5. The molecule has 0 saturated carbocycles. The van der Waals surface area contributed by atoms with Gasteiger partial charge in [-0.25, -0.2) is 4.98 Å². The smallest absolute Gasteiger partial charge is 0.251 e. The van der Waals surface area contributed by atoms with Gasteiger partial charge in [-0.1, -0.05) is 61.8 Å². The molecule has 0 aliphatic rings. The van der Waals surface area contributed by atoms with Crippen molar-refractivity contribution >= 4 is 46.8 Å². The van der Waals surface area contributed by atoms with Gasteiger partial charge in [0.2, 0.25) is 17.7 Å². The topological polar surface area (TPSA) is 215 Å². The highest BCUT2D eigenvalue weighted by molar-refractivity contribution is 6.30. The van der Waals surface area contributed by atoms with Crippen molar-refractivity contribution in [1.82, 2.24) is 30.4 Å². The Balaban J connectivity index is 1.54. The normalized spacial score (nSPS) is 13.3. The summed E-state index contributed by atoms with van der Waals surface area (Å²) < 4.78 is 8.17. The van der Waals surface area contributed by atoms with Crippen LogP contribution in [0.15, 0.2) is 104 Å². The molecule has 15 nitrogen and oxygen atoms in total. The molecule has 1 aromatic heterocycles. The average Bonchev–Trinajstić information content (AvgIpc) is 3.87. The number of rotatable bonds is 25. The van der Waals surface area contributed by atoms with Crippen LogP contribution in [0.2, 0.25) is 5.02 Å². The van der Waals surface area contributed by atoms with E-state index in [1.807, 2.05) is 35.8 Å². The number of hydrogen-bond donors (Lipinski definition) is 5. The molecule has 6 N–H and O–H groups in total. The molecular formula is C53H64ClN7O8. The largest absolute Gasteiger partial charge is 0.507 e. The van der Waals surface area contributed by atoms with E-state index in [9.17, 15) is 33.9 Å². The molecule has 0 saturated heterocycles. The first-order valence-corrected chi connectivity index (χ1v) is 23.7. The number of amides is 4. The molecule has 0 aliphatic heterocycles. The number of ether oxygens (including phenoxy) is 1. The van der Waals surface area contributed by atoms with Gasteiger partial charge in [0.1, 0.15) is 30.2 Å². The number of carbonyl (C=O) groups excluding carboxylic acids is 6. The fraction of sp³-hybridized carbons (Fsp3) is 0.377. The van der Waals surface area contributed by atoms with Gasteiger partial charge in [0.15, 0.2) is 11.6 Å². The number of ketones is 2. The summed E-state index contributed by atoms with van der Waals surface area (Å²) in [6, 6.07) is 20.2. The highest BCUT2D eigenvalue weighted by atomic mass is 35.5. The van der Waals surface area contributed by atoms with Crippen LogP contribution in [0.4, 0.5) is 0 Å². The van der Waals surface area contributed by atoms with Crippen molar-refractivity contribution in [2.24, 2.45) is 11.7 Å². The number of benzene rings is 4. The number of likely N-dealkylation sites (N-methyl/N-ethyl adjacent to an activating group) is 1. The average molecular weight is 963 g/mol. The van der Waals surface area contributed by atoms with Crippen molar-refractivity contribution in [3.63, 3.8) is 0 Å². The maximum Gasteiger partial charge on any atom is 0.251 e. The van der Waals surface area contributed by atoms with Gasteiger partial charge >= 0.3 is 0 Å². The second-order valence-electron chi connectivity index (χ2n) is 17.3. The Labute approximate surface area is 409 Å². The number of nitrogens with zero attached hydrogens (tertiary/aromatic N) is 3. The van der Waals surface area contributed by atoms with Crippen molar-refractivity contribution in [2.75, 3.05) is 20.2 Å². The molecule has 0 fully saturated rings. The fourth-order valence-corrected chi connectivity index (χ4v) is 7.85. The third-order valence-electron chi connectivity index (χ3n) is 12.2. The molecule has 5 atom stereocenters. The summed E-state index contributed by atoms with van der Waals surface area (Å²) in [6.45, 7) is 9.29. The Hall–Kier alpha value is -6.84. The van der Waals surface area contributed by atoms with E-state index < -0.39 is 41.9 Å². The Bertz CT molecular complexity index is 2550. The first kappa shape index (κ1) is 53.1. The van der Waals surface area contributed by atoms with Crippen molar-refractivity contribution < 1.29 is 38.6 Å². The van der Waals surface area contributed by atoms with Crippen LogP contribution in [0.5, 0.6) is 11.5 Å². The minimum absolute atomic E-state index is 0.0660. The number of hydrogen-bond acceptors (Lipinski definition) is 10. The predicted molar refractivity (Wildman–Crippen MR) is 266 cm³/mol. The van der Waals surface area contributed by atoms with Crippen molar-refractivity contribution in [2.45, 2.75) is 104 Å². The summed E-state index contributed by atoms with van der Waals surface area (Å²) in [4.78, 5) is 86.7. The monoisotopic (exact) mass is 961 g/mol. The van der Waals surface area contributed by atoms with Crippen LogP contribution < -0.4 is 26.4 Å². The van der Waals surface area contributed by atoms with Crippen molar-refractivity contribution in [3.05, 3.63) is 125 Å². The molecule has 69 heavy (non-hydrogen) atoms. The quantitative estimate of drug-likeness (QED) is 0.0370.